The van der Waals surface area contributed by atoms with E-state index in [1.807, 2.05) is 31.2 Å². The van der Waals surface area contributed by atoms with E-state index >= 15 is 0 Å². The lowest BCUT2D eigenvalue weighted by Gasteiger charge is -2.11. The molecule has 2 heteroatoms. The average Bonchev–Trinajstić information content (AvgIpc) is 2.33. The van der Waals surface area contributed by atoms with Crippen LogP contribution >= 0.6 is 0 Å². The van der Waals surface area contributed by atoms with Crippen molar-refractivity contribution < 1.29 is 10.2 Å². The second-order valence-corrected chi connectivity index (χ2v) is 3.35. The van der Waals surface area contributed by atoms with Crippen molar-refractivity contribution in [1.29, 1.82) is 0 Å². The summed E-state index contributed by atoms with van der Waals surface area (Å²) >= 11 is 0. The normalized spacial score (nSPS) is 33.4. The molecule has 64 valence electrons. The molecule has 0 unspecified atom stereocenters. The minimum atomic E-state index is -0.698. The molecule has 2 nitrogen and oxygen atoms in total. The van der Waals surface area contributed by atoms with Crippen molar-refractivity contribution in [3.8, 4) is 0 Å². The van der Waals surface area contributed by atoms with Crippen LogP contribution in [0.15, 0.2) is 24.3 Å². The number of benzene rings is 1. The van der Waals surface area contributed by atoms with Gasteiger partial charge in [0.1, 0.15) is 6.10 Å². The Kier molecular flexibility index (Phi) is 1.67. The molecule has 1 aromatic carbocycles. The third-order valence-corrected chi connectivity index (χ3v) is 2.64. The summed E-state index contributed by atoms with van der Waals surface area (Å²) in [5.74, 6) is 0.0520. The number of aliphatic hydroxyl groups excluding tert-OH is 2. The van der Waals surface area contributed by atoms with E-state index in [1.165, 1.54) is 0 Å². The Labute approximate surface area is 71.5 Å². The van der Waals surface area contributed by atoms with Gasteiger partial charge in [0, 0.05) is 5.92 Å². The summed E-state index contributed by atoms with van der Waals surface area (Å²) in [5, 5.41) is 19.1. The predicted molar refractivity (Wildman–Crippen MR) is 45.8 cm³/mol. The van der Waals surface area contributed by atoms with Gasteiger partial charge in [0.2, 0.25) is 0 Å². The monoisotopic (exact) mass is 164 g/mol. The first-order valence-electron chi connectivity index (χ1n) is 4.17. The molecule has 0 fully saturated rings. The molecule has 0 aromatic heterocycles. The number of hydrogen-bond donors (Lipinski definition) is 2. The molecule has 2 rings (SSSR count). The van der Waals surface area contributed by atoms with E-state index in [9.17, 15) is 10.2 Å². The van der Waals surface area contributed by atoms with Gasteiger partial charge in [0.25, 0.3) is 0 Å². The summed E-state index contributed by atoms with van der Waals surface area (Å²) in [5.41, 5.74) is 1.94. The minimum absolute atomic E-state index is 0.0520. The predicted octanol–water partition coefficient (Wildman–Crippen LogP) is 1.20. The molecule has 1 aliphatic rings. The van der Waals surface area contributed by atoms with E-state index in [0.29, 0.717) is 0 Å². The Balaban J connectivity index is 2.52. The highest BCUT2D eigenvalue weighted by Gasteiger charge is 2.35. The zero-order valence-corrected chi connectivity index (χ0v) is 6.94. The molecule has 0 amide bonds. The number of aliphatic hydroxyl groups is 2. The van der Waals surface area contributed by atoms with Crippen molar-refractivity contribution in [3.63, 3.8) is 0 Å². The van der Waals surface area contributed by atoms with Crippen LogP contribution in [0.3, 0.4) is 0 Å². The summed E-state index contributed by atoms with van der Waals surface area (Å²) in [6, 6.07) is 7.64. The lowest BCUT2D eigenvalue weighted by Crippen LogP contribution is -2.15. The highest BCUT2D eigenvalue weighted by molar-refractivity contribution is 5.38. The van der Waals surface area contributed by atoms with E-state index in [1.54, 1.807) is 0 Å². The van der Waals surface area contributed by atoms with E-state index in [-0.39, 0.29) is 5.92 Å². The smallest absolute Gasteiger partial charge is 0.106 e. The van der Waals surface area contributed by atoms with Gasteiger partial charge in [0.15, 0.2) is 0 Å². The second kappa shape index (κ2) is 2.57. The third-order valence-electron chi connectivity index (χ3n) is 2.64. The van der Waals surface area contributed by atoms with Crippen molar-refractivity contribution >= 4 is 0 Å². The van der Waals surface area contributed by atoms with E-state index in [2.05, 4.69) is 0 Å². The molecule has 0 saturated heterocycles. The molecule has 0 saturated carbocycles. The Morgan fingerprint density at radius 2 is 1.67 bits per heavy atom. The second-order valence-electron chi connectivity index (χ2n) is 3.35. The van der Waals surface area contributed by atoms with E-state index in [0.717, 1.165) is 11.1 Å². The Bertz CT molecular complexity index is 267. The van der Waals surface area contributed by atoms with Crippen LogP contribution in [-0.4, -0.2) is 16.3 Å². The zero-order chi connectivity index (χ0) is 8.72. The van der Waals surface area contributed by atoms with Crippen molar-refractivity contribution in [1.82, 2.24) is 0 Å². The van der Waals surface area contributed by atoms with Gasteiger partial charge in [-0.2, -0.15) is 0 Å². The van der Waals surface area contributed by atoms with Crippen molar-refractivity contribution in [2.75, 3.05) is 0 Å². The number of hydrogen-bond acceptors (Lipinski definition) is 2. The van der Waals surface area contributed by atoms with Crippen molar-refractivity contribution in [2.24, 2.45) is 0 Å². The Hall–Kier alpha value is -0.860. The lowest BCUT2D eigenvalue weighted by atomic mass is 10.0. The molecule has 0 aliphatic heterocycles. The highest BCUT2D eigenvalue weighted by atomic mass is 16.3. The lowest BCUT2D eigenvalue weighted by molar-refractivity contribution is 0.0202. The van der Waals surface area contributed by atoms with Crippen LogP contribution in [0.25, 0.3) is 0 Å². The summed E-state index contributed by atoms with van der Waals surface area (Å²) in [4.78, 5) is 0. The summed E-state index contributed by atoms with van der Waals surface area (Å²) in [7, 11) is 0. The van der Waals surface area contributed by atoms with Gasteiger partial charge in [-0.05, 0) is 11.1 Å². The summed E-state index contributed by atoms with van der Waals surface area (Å²) in [6.45, 7) is 1.93. The molecule has 0 bridgehead atoms. The first-order chi connectivity index (χ1) is 5.72. The molecular formula is C10H12O2. The fourth-order valence-corrected chi connectivity index (χ4v) is 1.84. The standard InChI is InChI=1S/C10H12O2/c1-6-7-4-2-3-5-8(7)10(12)9(6)11/h2-6,9-12H,1H3/t6-,9+,10+/m0/s1. The minimum Gasteiger partial charge on any atom is -0.389 e. The number of fused-ring (bicyclic) bond motifs is 1. The van der Waals surface area contributed by atoms with Gasteiger partial charge in [-0.1, -0.05) is 31.2 Å². The van der Waals surface area contributed by atoms with E-state index in [4.69, 9.17) is 0 Å². The Morgan fingerprint density at radius 1 is 1.08 bits per heavy atom. The maximum absolute atomic E-state index is 9.57. The molecule has 0 heterocycles. The fraction of sp³-hybridized carbons (Fsp3) is 0.400. The van der Waals surface area contributed by atoms with Crippen LogP contribution < -0.4 is 0 Å². The van der Waals surface area contributed by atoms with Gasteiger partial charge in [-0.25, -0.2) is 0 Å². The molecule has 12 heavy (non-hydrogen) atoms. The molecule has 1 aromatic rings. The van der Waals surface area contributed by atoms with Crippen LogP contribution in [0.1, 0.15) is 30.1 Å². The van der Waals surface area contributed by atoms with Gasteiger partial charge in [0.05, 0.1) is 6.10 Å². The summed E-state index contributed by atoms with van der Waals surface area (Å²) in [6.07, 6.45) is -1.33. The third kappa shape index (κ3) is 0.886. The first kappa shape index (κ1) is 7.77. The van der Waals surface area contributed by atoms with Gasteiger partial charge in [-0.15, -0.1) is 0 Å². The van der Waals surface area contributed by atoms with Crippen LogP contribution in [0.2, 0.25) is 0 Å². The molecule has 1 aliphatic carbocycles. The van der Waals surface area contributed by atoms with Crippen LogP contribution in [0, 0.1) is 0 Å². The SMILES string of the molecule is C[C@H]1c2ccccc2[C@@H](O)[C@@H]1O. The van der Waals surface area contributed by atoms with Crippen molar-refractivity contribution in [3.05, 3.63) is 35.4 Å². The summed E-state index contributed by atoms with van der Waals surface area (Å²) < 4.78 is 0. The Morgan fingerprint density at radius 3 is 2.25 bits per heavy atom. The van der Waals surface area contributed by atoms with Gasteiger partial charge >= 0.3 is 0 Å². The van der Waals surface area contributed by atoms with Gasteiger partial charge in [-0.3, -0.25) is 0 Å². The van der Waals surface area contributed by atoms with Crippen LogP contribution in [0.4, 0.5) is 0 Å². The van der Waals surface area contributed by atoms with Gasteiger partial charge < -0.3 is 10.2 Å². The van der Waals surface area contributed by atoms with Crippen LogP contribution in [0.5, 0.6) is 0 Å². The molecule has 0 spiro atoms. The first-order valence-corrected chi connectivity index (χ1v) is 4.17. The molecule has 0 radical (unpaired) electrons. The molecule has 2 N–H and O–H groups in total. The average molecular weight is 164 g/mol. The highest BCUT2D eigenvalue weighted by Crippen LogP contribution is 2.39. The largest absolute Gasteiger partial charge is 0.389 e. The number of rotatable bonds is 0. The van der Waals surface area contributed by atoms with E-state index < -0.39 is 12.2 Å². The molecular weight excluding hydrogens is 152 g/mol. The maximum Gasteiger partial charge on any atom is 0.106 e. The molecule has 3 atom stereocenters. The van der Waals surface area contributed by atoms with Crippen molar-refractivity contribution in [2.45, 2.75) is 25.0 Å². The zero-order valence-electron chi connectivity index (χ0n) is 6.94. The quantitative estimate of drug-likeness (QED) is 0.604. The topological polar surface area (TPSA) is 40.5 Å². The fourth-order valence-electron chi connectivity index (χ4n) is 1.84. The van der Waals surface area contributed by atoms with Crippen LogP contribution in [-0.2, 0) is 0 Å². The maximum atomic E-state index is 9.57.